The van der Waals surface area contributed by atoms with Gasteiger partial charge in [0, 0.05) is 36.5 Å². The number of aliphatic hydroxyl groups is 1. The van der Waals surface area contributed by atoms with Crippen molar-refractivity contribution < 1.29 is 43.2 Å². The lowest BCUT2D eigenvalue weighted by Crippen LogP contribution is -2.78. The van der Waals surface area contributed by atoms with E-state index in [-0.39, 0.29) is 29.8 Å². The lowest BCUT2D eigenvalue weighted by molar-refractivity contribution is -0.315. The number of hydrogen-bond acceptors (Lipinski definition) is 9. The van der Waals surface area contributed by atoms with Crippen LogP contribution in [-0.2, 0) is 38.1 Å². The molecule has 9 heteroatoms. The molecule has 4 rings (SSSR count). The van der Waals surface area contributed by atoms with Gasteiger partial charge in [0.05, 0.1) is 13.5 Å². The van der Waals surface area contributed by atoms with Crippen LogP contribution >= 0.6 is 0 Å². The highest BCUT2D eigenvalue weighted by Crippen LogP contribution is 2.69. The van der Waals surface area contributed by atoms with E-state index in [9.17, 15) is 24.3 Å². The molecule has 0 aromatic carbocycles. The van der Waals surface area contributed by atoms with E-state index in [1.54, 1.807) is 6.08 Å². The van der Waals surface area contributed by atoms with Gasteiger partial charge in [-0.2, -0.15) is 0 Å². The van der Waals surface area contributed by atoms with Crippen LogP contribution in [0.2, 0.25) is 0 Å². The molecule has 0 spiro atoms. The van der Waals surface area contributed by atoms with Crippen molar-refractivity contribution in [3.05, 3.63) is 11.8 Å². The van der Waals surface area contributed by atoms with Crippen LogP contribution in [0.5, 0.6) is 0 Å². The van der Waals surface area contributed by atoms with Crippen LogP contribution in [0.4, 0.5) is 0 Å². The Labute approximate surface area is 199 Å². The zero-order valence-corrected chi connectivity index (χ0v) is 20.7. The van der Waals surface area contributed by atoms with E-state index < -0.39 is 64.5 Å². The maximum absolute atomic E-state index is 13.9. The Morgan fingerprint density at radius 3 is 2.29 bits per heavy atom. The normalized spacial score (nSPS) is 47.4. The highest BCUT2D eigenvalue weighted by Gasteiger charge is 2.77. The highest BCUT2D eigenvalue weighted by molar-refractivity contribution is 6.00. The van der Waals surface area contributed by atoms with Gasteiger partial charge in [-0.1, -0.05) is 20.8 Å². The molecule has 10 atom stereocenters. The first kappa shape index (κ1) is 24.7. The zero-order valence-electron chi connectivity index (χ0n) is 20.7. The number of ether oxygens (including phenoxy) is 4. The minimum atomic E-state index is -1.72. The minimum absolute atomic E-state index is 0.103. The molecule has 3 aliphatic carbocycles. The van der Waals surface area contributed by atoms with E-state index in [2.05, 4.69) is 0 Å². The van der Waals surface area contributed by atoms with E-state index in [1.807, 2.05) is 20.8 Å². The number of Topliss-reactive ketones (excluding diaryl/α,β-unsaturated/α-hetero) is 1. The van der Waals surface area contributed by atoms with Gasteiger partial charge in [0.25, 0.3) is 0 Å². The van der Waals surface area contributed by atoms with Gasteiger partial charge in [-0.3, -0.25) is 19.2 Å². The maximum atomic E-state index is 13.9. The second-order valence-corrected chi connectivity index (χ2v) is 11.0. The number of esters is 3. The predicted molar refractivity (Wildman–Crippen MR) is 117 cm³/mol. The molecule has 0 aromatic rings. The third-order valence-corrected chi connectivity index (χ3v) is 9.13. The molecular formula is C25H34O9. The van der Waals surface area contributed by atoms with Gasteiger partial charge in [-0.15, -0.1) is 0 Å². The van der Waals surface area contributed by atoms with Gasteiger partial charge in [-0.05, 0) is 31.3 Å². The number of allylic oxidation sites excluding steroid dienone is 2. The van der Waals surface area contributed by atoms with Crippen molar-refractivity contribution >= 4 is 23.7 Å². The number of hydrogen-bond donors (Lipinski definition) is 1. The average molecular weight is 479 g/mol. The average Bonchev–Trinajstić information content (AvgIpc) is 2.72. The van der Waals surface area contributed by atoms with E-state index in [4.69, 9.17) is 18.9 Å². The van der Waals surface area contributed by atoms with Gasteiger partial charge in [0.15, 0.2) is 11.9 Å². The van der Waals surface area contributed by atoms with Crippen molar-refractivity contribution in [1.29, 1.82) is 0 Å². The Hall–Kier alpha value is -2.42. The Bertz CT molecular complexity index is 967. The first-order valence-corrected chi connectivity index (χ1v) is 11.8. The minimum Gasteiger partial charge on any atom is -0.493 e. The quantitative estimate of drug-likeness (QED) is 0.478. The Kier molecular flexibility index (Phi) is 5.66. The van der Waals surface area contributed by atoms with Crippen molar-refractivity contribution in [3.8, 4) is 0 Å². The number of methoxy groups -OCH3 is 1. The molecule has 0 aromatic heterocycles. The maximum Gasteiger partial charge on any atom is 0.306 e. The summed E-state index contributed by atoms with van der Waals surface area (Å²) in [4.78, 5) is 51.1. The number of rotatable bonds is 3. The fourth-order valence-corrected chi connectivity index (χ4v) is 7.87. The smallest absolute Gasteiger partial charge is 0.306 e. The molecule has 0 unspecified atom stereocenters. The molecule has 3 fully saturated rings. The summed E-state index contributed by atoms with van der Waals surface area (Å²) in [6.45, 7) is 9.64. The van der Waals surface area contributed by atoms with Crippen molar-refractivity contribution in [2.75, 3.05) is 7.11 Å². The number of carbonyl (C=O) groups excluding carboxylic acids is 4. The van der Waals surface area contributed by atoms with Crippen molar-refractivity contribution in [1.82, 2.24) is 0 Å². The monoisotopic (exact) mass is 478 g/mol. The first-order valence-electron chi connectivity index (χ1n) is 11.8. The molecule has 1 heterocycles. The summed E-state index contributed by atoms with van der Waals surface area (Å²) >= 11 is 0. The van der Waals surface area contributed by atoms with Crippen LogP contribution in [0.1, 0.15) is 54.4 Å². The third-order valence-electron chi connectivity index (χ3n) is 9.13. The molecule has 0 bridgehead atoms. The fraction of sp³-hybridized carbons (Fsp3) is 0.760. The van der Waals surface area contributed by atoms with Crippen molar-refractivity contribution in [2.24, 2.45) is 34.5 Å². The molecule has 34 heavy (non-hydrogen) atoms. The molecule has 1 saturated heterocycles. The van der Waals surface area contributed by atoms with Gasteiger partial charge in [0.1, 0.15) is 17.8 Å². The van der Waals surface area contributed by atoms with Gasteiger partial charge in [-0.25, -0.2) is 0 Å². The first-order chi connectivity index (χ1) is 15.7. The van der Waals surface area contributed by atoms with E-state index in [1.165, 1.54) is 27.9 Å². The molecule has 4 aliphatic rings. The largest absolute Gasteiger partial charge is 0.493 e. The molecule has 1 N–H and O–H groups in total. The van der Waals surface area contributed by atoms with Crippen LogP contribution in [0, 0.1) is 34.5 Å². The molecule has 0 radical (unpaired) electrons. The zero-order chi connectivity index (χ0) is 25.4. The second kappa shape index (κ2) is 7.80. The third kappa shape index (κ3) is 3.15. The number of carbonyl (C=O) groups is 4. The summed E-state index contributed by atoms with van der Waals surface area (Å²) in [5.74, 6) is -3.55. The summed E-state index contributed by atoms with van der Waals surface area (Å²) in [5.41, 5.74) is -3.76. The van der Waals surface area contributed by atoms with Gasteiger partial charge in [0.2, 0.25) is 5.78 Å². The van der Waals surface area contributed by atoms with Crippen LogP contribution in [0.15, 0.2) is 11.8 Å². The predicted octanol–water partition coefficient (Wildman–Crippen LogP) is 1.94. The van der Waals surface area contributed by atoms with Crippen LogP contribution in [0.3, 0.4) is 0 Å². The second-order valence-electron chi connectivity index (χ2n) is 11.0. The topological polar surface area (TPSA) is 125 Å². The van der Waals surface area contributed by atoms with Crippen LogP contribution in [0.25, 0.3) is 0 Å². The van der Waals surface area contributed by atoms with Gasteiger partial charge < -0.3 is 24.1 Å². The molecule has 1 aliphatic heterocycles. The molecule has 2 saturated carbocycles. The lowest BCUT2D eigenvalue weighted by atomic mass is 9.37. The Morgan fingerprint density at radius 2 is 1.74 bits per heavy atom. The summed E-state index contributed by atoms with van der Waals surface area (Å²) in [6, 6.07) is 0. The van der Waals surface area contributed by atoms with Gasteiger partial charge >= 0.3 is 17.9 Å². The molecule has 188 valence electrons. The Balaban J connectivity index is 2.01. The van der Waals surface area contributed by atoms with Crippen molar-refractivity contribution in [2.45, 2.75) is 78.3 Å². The molecule has 0 amide bonds. The standard InChI is InChI=1S/C25H34O9/c1-11-8-15(31-7)21(29)23(4)14(11)9-17-24(5)16(10-18(28)34-17)25(6,30)22(33-13(3)27)19(20(23)24)32-12(2)26/h8,11,14,16-17,19-20,22,30H,9-10H2,1-7H3/t11-,14+,16-,17-,19+,20-,22-,23+,24-,25+/m1/s1. The summed E-state index contributed by atoms with van der Waals surface area (Å²) < 4.78 is 22.7. The summed E-state index contributed by atoms with van der Waals surface area (Å²) in [6.07, 6.45) is -0.956. The SMILES string of the molecule is COC1=C[C@@H](C)[C@@H]2C[C@H]3OC(=O)C[C@H]4[C@](C)(O)[C@H](OC(C)=O)[C@@H](OC(C)=O)[C@H]([C@@]2(C)C1=O)[C@@]34C. The van der Waals surface area contributed by atoms with E-state index in [0.717, 1.165) is 0 Å². The fourth-order valence-electron chi connectivity index (χ4n) is 7.87. The van der Waals surface area contributed by atoms with Crippen LogP contribution < -0.4 is 0 Å². The highest BCUT2D eigenvalue weighted by atomic mass is 16.6. The number of fused-ring (bicyclic) bond motifs is 2. The Morgan fingerprint density at radius 1 is 1.12 bits per heavy atom. The van der Waals surface area contributed by atoms with Crippen LogP contribution in [-0.4, -0.2) is 59.8 Å². The van der Waals surface area contributed by atoms with E-state index >= 15 is 0 Å². The van der Waals surface area contributed by atoms with Crippen molar-refractivity contribution in [3.63, 3.8) is 0 Å². The molecular weight excluding hydrogens is 444 g/mol. The summed E-state index contributed by atoms with van der Waals surface area (Å²) in [5, 5.41) is 11.8. The molecule has 9 nitrogen and oxygen atoms in total. The van der Waals surface area contributed by atoms with E-state index in [0.29, 0.717) is 6.42 Å². The summed E-state index contributed by atoms with van der Waals surface area (Å²) in [7, 11) is 1.44. The number of ketones is 1. The lowest BCUT2D eigenvalue weighted by Gasteiger charge is -2.69.